The first kappa shape index (κ1) is 25.5. The molecule has 2 amide bonds. The normalized spacial score (nSPS) is 14.5. The van der Waals surface area contributed by atoms with E-state index in [2.05, 4.69) is 32.3 Å². The molecular weight excluding hydrogens is 463 g/mol. The van der Waals surface area contributed by atoms with Crippen LogP contribution < -0.4 is 5.32 Å². The topological polar surface area (TPSA) is 94.8 Å². The molecule has 10 heteroatoms. The third-order valence-electron chi connectivity index (χ3n) is 6.28. The van der Waals surface area contributed by atoms with E-state index in [9.17, 15) is 14.0 Å². The molecule has 0 radical (unpaired) electrons. The van der Waals surface area contributed by atoms with Crippen LogP contribution >= 0.6 is 0 Å². The van der Waals surface area contributed by atoms with Crippen LogP contribution in [0.25, 0.3) is 11.5 Å². The quantitative estimate of drug-likeness (QED) is 0.487. The molecule has 36 heavy (non-hydrogen) atoms. The zero-order chi connectivity index (χ0) is 25.5. The Morgan fingerprint density at radius 2 is 1.69 bits per heavy atom. The van der Waals surface area contributed by atoms with E-state index < -0.39 is 0 Å². The molecule has 2 aromatic carbocycles. The number of amides is 2. The smallest absolute Gasteiger partial charge is 0.257 e. The Labute approximate surface area is 209 Å². The summed E-state index contributed by atoms with van der Waals surface area (Å²) in [7, 11) is 3.79. The first-order valence-electron chi connectivity index (χ1n) is 12.0. The summed E-state index contributed by atoms with van der Waals surface area (Å²) in [4.78, 5) is 35.5. The zero-order valence-electron chi connectivity index (χ0n) is 20.6. The standard InChI is InChI=1S/C26H31FN6O3/c1-31-15-17-33(18-16-31)14-12-28-24(34)19-3-5-20(6-4-19)25-29-23(30-36-25)11-13-32(2)26(35)21-7-9-22(27)10-8-21/h3-10H,11-18H2,1-2H3,(H,28,34). The summed E-state index contributed by atoms with van der Waals surface area (Å²) in [6.45, 7) is 5.97. The van der Waals surface area contributed by atoms with E-state index in [1.54, 1.807) is 31.3 Å². The maximum Gasteiger partial charge on any atom is 0.257 e. The number of aromatic nitrogens is 2. The molecule has 4 rings (SSSR count). The van der Waals surface area contributed by atoms with E-state index in [1.165, 1.54) is 29.2 Å². The van der Waals surface area contributed by atoms with E-state index in [0.29, 0.717) is 47.9 Å². The number of carbonyl (C=O) groups is 2. The summed E-state index contributed by atoms with van der Waals surface area (Å²) in [5, 5.41) is 6.97. The van der Waals surface area contributed by atoms with Gasteiger partial charge in [-0.15, -0.1) is 0 Å². The molecule has 0 unspecified atom stereocenters. The molecule has 0 aliphatic carbocycles. The van der Waals surface area contributed by atoms with Crippen molar-refractivity contribution < 1.29 is 18.5 Å². The summed E-state index contributed by atoms with van der Waals surface area (Å²) in [6, 6.07) is 12.5. The minimum Gasteiger partial charge on any atom is -0.351 e. The predicted octanol–water partition coefficient (Wildman–Crippen LogP) is 2.17. The van der Waals surface area contributed by atoms with Gasteiger partial charge in [0.25, 0.3) is 17.7 Å². The molecule has 1 saturated heterocycles. The largest absolute Gasteiger partial charge is 0.351 e. The molecule has 0 bridgehead atoms. The van der Waals surface area contributed by atoms with Gasteiger partial charge in [-0.3, -0.25) is 14.5 Å². The Bertz CT molecular complexity index is 1160. The Kier molecular flexibility index (Phi) is 8.40. The van der Waals surface area contributed by atoms with Gasteiger partial charge in [-0.1, -0.05) is 5.16 Å². The van der Waals surface area contributed by atoms with Crippen molar-refractivity contribution >= 4 is 11.8 Å². The predicted molar refractivity (Wildman–Crippen MR) is 133 cm³/mol. The van der Waals surface area contributed by atoms with Gasteiger partial charge < -0.3 is 19.6 Å². The van der Waals surface area contributed by atoms with E-state index in [4.69, 9.17) is 4.52 Å². The minimum absolute atomic E-state index is 0.115. The molecule has 1 aliphatic rings. The van der Waals surface area contributed by atoms with Crippen LogP contribution in [-0.2, 0) is 6.42 Å². The van der Waals surface area contributed by atoms with Gasteiger partial charge in [0.05, 0.1) is 0 Å². The van der Waals surface area contributed by atoms with Crippen LogP contribution in [0.3, 0.4) is 0 Å². The average Bonchev–Trinajstić information content (AvgIpc) is 3.37. The van der Waals surface area contributed by atoms with Crippen LogP contribution in [0.2, 0.25) is 0 Å². The van der Waals surface area contributed by atoms with E-state index in [0.717, 1.165) is 32.7 Å². The van der Waals surface area contributed by atoms with E-state index in [1.807, 2.05) is 0 Å². The average molecular weight is 495 g/mol. The first-order chi connectivity index (χ1) is 17.4. The van der Waals surface area contributed by atoms with Crippen LogP contribution in [0, 0.1) is 5.82 Å². The number of benzene rings is 2. The Morgan fingerprint density at radius 1 is 1.03 bits per heavy atom. The summed E-state index contributed by atoms with van der Waals surface area (Å²) in [5.41, 5.74) is 1.69. The number of carbonyl (C=O) groups excluding carboxylic acids is 2. The highest BCUT2D eigenvalue weighted by Gasteiger charge is 2.16. The number of piperazine rings is 1. The fraction of sp³-hybridized carbons (Fsp3) is 0.385. The molecule has 0 saturated carbocycles. The van der Waals surface area contributed by atoms with Crippen molar-refractivity contribution in [2.75, 3.05) is 59.9 Å². The molecular formula is C26H31FN6O3. The minimum atomic E-state index is -0.386. The van der Waals surface area contributed by atoms with Gasteiger partial charge in [0.15, 0.2) is 5.82 Å². The number of hydrogen-bond donors (Lipinski definition) is 1. The fourth-order valence-electron chi connectivity index (χ4n) is 3.92. The maximum absolute atomic E-state index is 13.1. The van der Waals surface area contributed by atoms with Crippen molar-refractivity contribution in [2.24, 2.45) is 0 Å². The summed E-state index contributed by atoms with van der Waals surface area (Å²) in [5.74, 6) is 0.101. The van der Waals surface area contributed by atoms with Crippen LogP contribution in [0.15, 0.2) is 53.1 Å². The van der Waals surface area contributed by atoms with Crippen LogP contribution in [0.5, 0.6) is 0 Å². The van der Waals surface area contributed by atoms with Crippen molar-refractivity contribution in [3.05, 3.63) is 71.3 Å². The molecule has 190 valence electrons. The number of halogens is 1. The van der Waals surface area contributed by atoms with Crippen molar-refractivity contribution in [1.29, 1.82) is 0 Å². The highest BCUT2D eigenvalue weighted by molar-refractivity contribution is 5.94. The van der Waals surface area contributed by atoms with Crippen molar-refractivity contribution in [3.8, 4) is 11.5 Å². The van der Waals surface area contributed by atoms with Gasteiger partial charge in [0, 0.05) is 76.0 Å². The van der Waals surface area contributed by atoms with Crippen molar-refractivity contribution in [2.45, 2.75) is 6.42 Å². The number of rotatable bonds is 9. The van der Waals surface area contributed by atoms with E-state index >= 15 is 0 Å². The molecule has 2 heterocycles. The molecule has 1 aliphatic heterocycles. The summed E-state index contributed by atoms with van der Waals surface area (Å²) in [6.07, 6.45) is 0.404. The van der Waals surface area contributed by atoms with Crippen LogP contribution in [0.4, 0.5) is 4.39 Å². The Balaban J connectivity index is 1.24. The Hall–Kier alpha value is -3.63. The molecule has 1 N–H and O–H groups in total. The number of nitrogens with zero attached hydrogens (tertiary/aromatic N) is 5. The van der Waals surface area contributed by atoms with Crippen molar-refractivity contribution in [3.63, 3.8) is 0 Å². The molecule has 1 aromatic heterocycles. The zero-order valence-corrected chi connectivity index (χ0v) is 20.6. The lowest BCUT2D eigenvalue weighted by molar-refractivity contribution is 0.0795. The Morgan fingerprint density at radius 3 is 2.39 bits per heavy atom. The van der Waals surface area contributed by atoms with Crippen LogP contribution in [-0.4, -0.2) is 96.6 Å². The highest BCUT2D eigenvalue weighted by atomic mass is 19.1. The van der Waals surface area contributed by atoms with Crippen molar-refractivity contribution in [1.82, 2.24) is 30.2 Å². The molecule has 1 fully saturated rings. The molecule has 9 nitrogen and oxygen atoms in total. The molecule has 0 spiro atoms. The lowest BCUT2D eigenvalue weighted by Crippen LogP contribution is -2.46. The third-order valence-corrected chi connectivity index (χ3v) is 6.28. The highest BCUT2D eigenvalue weighted by Crippen LogP contribution is 2.18. The number of likely N-dealkylation sites (N-methyl/N-ethyl adjacent to an activating group) is 2. The molecule has 0 atom stereocenters. The fourth-order valence-corrected chi connectivity index (χ4v) is 3.92. The third kappa shape index (κ3) is 6.73. The second-order valence-electron chi connectivity index (χ2n) is 8.98. The van der Waals surface area contributed by atoms with E-state index in [-0.39, 0.29) is 17.6 Å². The monoisotopic (exact) mass is 494 g/mol. The van der Waals surface area contributed by atoms with Gasteiger partial charge in [0.1, 0.15) is 5.82 Å². The summed E-state index contributed by atoms with van der Waals surface area (Å²) >= 11 is 0. The summed E-state index contributed by atoms with van der Waals surface area (Å²) < 4.78 is 18.4. The maximum atomic E-state index is 13.1. The van der Waals surface area contributed by atoms with Gasteiger partial charge in [0.2, 0.25) is 0 Å². The van der Waals surface area contributed by atoms with Gasteiger partial charge in [-0.05, 0) is 55.6 Å². The SMILES string of the molecule is CN1CCN(CCNC(=O)c2ccc(-c3nc(CCN(C)C(=O)c4ccc(F)cc4)no3)cc2)CC1. The van der Waals surface area contributed by atoms with Gasteiger partial charge in [-0.25, -0.2) is 4.39 Å². The van der Waals surface area contributed by atoms with Gasteiger partial charge in [-0.2, -0.15) is 4.98 Å². The lowest BCUT2D eigenvalue weighted by Gasteiger charge is -2.32. The number of hydrogen-bond acceptors (Lipinski definition) is 7. The lowest BCUT2D eigenvalue weighted by atomic mass is 10.1. The molecule has 3 aromatic rings. The number of nitrogens with one attached hydrogen (secondary N) is 1. The van der Waals surface area contributed by atoms with Gasteiger partial charge >= 0.3 is 0 Å². The first-order valence-corrected chi connectivity index (χ1v) is 12.0. The van der Waals surface area contributed by atoms with Crippen LogP contribution in [0.1, 0.15) is 26.5 Å². The second-order valence-corrected chi connectivity index (χ2v) is 8.98. The second kappa shape index (κ2) is 11.9.